The Morgan fingerprint density at radius 1 is 1.30 bits per heavy atom. The number of nitriles is 1. The maximum atomic E-state index is 12.0. The van der Waals surface area contributed by atoms with Crippen molar-refractivity contribution >= 4 is 23.4 Å². The van der Waals surface area contributed by atoms with Gasteiger partial charge in [-0.1, -0.05) is 0 Å². The van der Waals surface area contributed by atoms with Gasteiger partial charge in [0.1, 0.15) is 17.5 Å². The van der Waals surface area contributed by atoms with Gasteiger partial charge in [-0.15, -0.1) is 0 Å². The highest BCUT2D eigenvalue weighted by Gasteiger charge is 2.43. The molecule has 0 unspecified atom stereocenters. The smallest absolute Gasteiger partial charge is 0.230 e. The third kappa shape index (κ3) is 5.09. The van der Waals surface area contributed by atoms with Crippen LogP contribution < -0.4 is 10.6 Å². The Balaban J connectivity index is 1.36. The molecule has 10 nitrogen and oxygen atoms in total. The van der Waals surface area contributed by atoms with Crippen LogP contribution in [0.5, 0.6) is 0 Å². The number of carbonyl (C=O) groups excluding carboxylic acids is 1. The van der Waals surface area contributed by atoms with E-state index >= 15 is 0 Å². The fraction of sp³-hybridized carbons (Fsp3) is 0.609. The van der Waals surface area contributed by atoms with Crippen LogP contribution >= 0.6 is 0 Å². The highest BCUT2D eigenvalue weighted by atomic mass is 16.2. The Kier molecular flexibility index (Phi) is 6.51. The van der Waals surface area contributed by atoms with Crippen LogP contribution in [0.15, 0.2) is 12.4 Å². The standard InChI is InChI=1S/C23H33N9O/c1-16-19(14-32(29-16)18-6-10-30(4)11-7-18)27-22-26-13-17(12-24)20(28-22)25-8-5-9-31-15-23(2,3)21(31)33/h13-14,18H,5-11,15H2,1-4H3,(H2,25,26,27,28). The molecule has 0 bridgehead atoms. The second kappa shape index (κ2) is 9.35. The van der Waals surface area contributed by atoms with Gasteiger partial charge in [0.25, 0.3) is 0 Å². The second-order valence-electron chi connectivity index (χ2n) is 9.73. The SMILES string of the molecule is Cc1nn(C2CCN(C)CC2)cc1Nc1ncc(C#N)c(NCCCN2CC(C)(C)C2=O)n1. The normalized spacial score (nSPS) is 18.6. The molecule has 0 spiro atoms. The zero-order valence-electron chi connectivity index (χ0n) is 19.9. The number of carbonyl (C=O) groups is 1. The second-order valence-corrected chi connectivity index (χ2v) is 9.73. The molecule has 176 valence electrons. The van der Waals surface area contributed by atoms with Gasteiger partial charge in [0.2, 0.25) is 11.9 Å². The molecule has 0 saturated carbocycles. The van der Waals surface area contributed by atoms with Crippen molar-refractivity contribution in [1.29, 1.82) is 5.26 Å². The molecular weight excluding hydrogens is 418 g/mol. The Morgan fingerprint density at radius 2 is 2.06 bits per heavy atom. The number of aromatic nitrogens is 4. The summed E-state index contributed by atoms with van der Waals surface area (Å²) in [4.78, 5) is 25.1. The largest absolute Gasteiger partial charge is 0.369 e. The lowest BCUT2D eigenvalue weighted by Gasteiger charge is -2.44. The van der Waals surface area contributed by atoms with Crippen molar-refractivity contribution in [2.45, 2.75) is 46.1 Å². The molecule has 10 heteroatoms. The highest BCUT2D eigenvalue weighted by Crippen LogP contribution is 2.30. The Morgan fingerprint density at radius 3 is 2.73 bits per heavy atom. The van der Waals surface area contributed by atoms with E-state index in [1.165, 1.54) is 6.20 Å². The minimum absolute atomic E-state index is 0.199. The van der Waals surface area contributed by atoms with E-state index < -0.39 is 0 Å². The fourth-order valence-corrected chi connectivity index (χ4v) is 4.44. The average Bonchev–Trinajstić information content (AvgIpc) is 3.16. The van der Waals surface area contributed by atoms with Gasteiger partial charge in [-0.05, 0) is 60.2 Å². The molecule has 2 aromatic heterocycles. The van der Waals surface area contributed by atoms with E-state index in [0.717, 1.165) is 50.3 Å². The number of nitrogens with one attached hydrogen (secondary N) is 2. The number of amides is 1. The van der Waals surface area contributed by atoms with Gasteiger partial charge in [0, 0.05) is 25.8 Å². The number of anilines is 3. The number of aryl methyl sites for hydroxylation is 1. The number of rotatable bonds is 8. The van der Waals surface area contributed by atoms with Gasteiger partial charge < -0.3 is 20.4 Å². The molecule has 4 rings (SSSR count). The summed E-state index contributed by atoms with van der Waals surface area (Å²) in [5.41, 5.74) is 1.91. The lowest BCUT2D eigenvalue weighted by Crippen LogP contribution is -2.58. The molecule has 0 aromatic carbocycles. The van der Waals surface area contributed by atoms with Crippen LogP contribution in [0.1, 0.15) is 50.4 Å². The van der Waals surface area contributed by atoms with E-state index in [4.69, 9.17) is 5.10 Å². The van der Waals surface area contributed by atoms with E-state index in [0.29, 0.717) is 36.5 Å². The maximum absolute atomic E-state index is 12.0. The molecule has 0 radical (unpaired) electrons. The van der Waals surface area contributed by atoms with Crippen LogP contribution in [-0.2, 0) is 4.79 Å². The summed E-state index contributed by atoms with van der Waals surface area (Å²) in [5.74, 6) is 1.11. The average molecular weight is 452 g/mol. The molecule has 0 atom stereocenters. The van der Waals surface area contributed by atoms with Gasteiger partial charge in [-0.3, -0.25) is 9.48 Å². The first kappa shape index (κ1) is 23.0. The van der Waals surface area contributed by atoms with E-state index in [1.54, 1.807) is 0 Å². The maximum Gasteiger partial charge on any atom is 0.230 e. The molecule has 2 saturated heterocycles. The van der Waals surface area contributed by atoms with Gasteiger partial charge in [-0.25, -0.2) is 4.98 Å². The van der Waals surface area contributed by atoms with Crippen molar-refractivity contribution in [1.82, 2.24) is 29.5 Å². The summed E-state index contributed by atoms with van der Waals surface area (Å²) < 4.78 is 2.05. The third-order valence-corrected chi connectivity index (χ3v) is 6.48. The quantitative estimate of drug-likeness (QED) is 0.465. The lowest BCUT2D eigenvalue weighted by atomic mass is 9.83. The minimum Gasteiger partial charge on any atom is -0.369 e. The van der Waals surface area contributed by atoms with Crippen LogP contribution in [0.4, 0.5) is 17.5 Å². The van der Waals surface area contributed by atoms with E-state index in [9.17, 15) is 10.1 Å². The van der Waals surface area contributed by atoms with Crippen molar-refractivity contribution in [3.63, 3.8) is 0 Å². The van der Waals surface area contributed by atoms with Crippen LogP contribution in [0.25, 0.3) is 0 Å². The summed E-state index contributed by atoms with van der Waals surface area (Å²) in [5, 5.41) is 20.6. The van der Waals surface area contributed by atoms with E-state index in [2.05, 4.69) is 38.6 Å². The van der Waals surface area contributed by atoms with Crippen LogP contribution in [-0.4, -0.2) is 75.2 Å². The third-order valence-electron chi connectivity index (χ3n) is 6.48. The van der Waals surface area contributed by atoms with Crippen molar-refractivity contribution in [2.24, 2.45) is 5.41 Å². The minimum atomic E-state index is -0.228. The molecule has 0 aliphatic carbocycles. The zero-order valence-corrected chi connectivity index (χ0v) is 19.9. The summed E-state index contributed by atoms with van der Waals surface area (Å²) >= 11 is 0. The van der Waals surface area contributed by atoms with Crippen molar-refractivity contribution in [3.8, 4) is 6.07 Å². The number of β-lactam (4-membered cyclic amide) rings is 1. The van der Waals surface area contributed by atoms with Gasteiger partial charge >= 0.3 is 0 Å². The molecule has 2 aliphatic heterocycles. The molecule has 2 N–H and O–H groups in total. The topological polar surface area (TPSA) is 115 Å². The molecule has 2 fully saturated rings. The van der Waals surface area contributed by atoms with Crippen LogP contribution in [0, 0.1) is 23.7 Å². The van der Waals surface area contributed by atoms with Crippen molar-refractivity contribution in [3.05, 3.63) is 23.7 Å². The number of hydrogen-bond acceptors (Lipinski definition) is 8. The van der Waals surface area contributed by atoms with Crippen molar-refractivity contribution < 1.29 is 4.79 Å². The van der Waals surface area contributed by atoms with E-state index in [-0.39, 0.29) is 11.3 Å². The van der Waals surface area contributed by atoms with E-state index in [1.807, 2.05) is 36.5 Å². The van der Waals surface area contributed by atoms with Crippen molar-refractivity contribution in [2.75, 3.05) is 50.4 Å². The Hall–Kier alpha value is -3.19. The summed E-state index contributed by atoms with van der Waals surface area (Å²) in [7, 11) is 2.15. The first-order chi connectivity index (χ1) is 15.8. The number of hydrogen-bond donors (Lipinski definition) is 2. The molecule has 4 heterocycles. The summed E-state index contributed by atoms with van der Waals surface area (Å²) in [6, 6.07) is 2.54. The molecule has 33 heavy (non-hydrogen) atoms. The predicted octanol–water partition coefficient (Wildman–Crippen LogP) is 2.53. The predicted molar refractivity (Wildman–Crippen MR) is 126 cm³/mol. The lowest BCUT2D eigenvalue weighted by molar-refractivity contribution is -0.156. The summed E-state index contributed by atoms with van der Waals surface area (Å²) in [6.07, 6.45) is 6.49. The molecule has 2 aromatic rings. The van der Waals surface area contributed by atoms with Gasteiger partial charge in [0.15, 0.2) is 0 Å². The number of piperidine rings is 1. The van der Waals surface area contributed by atoms with Gasteiger partial charge in [0.05, 0.1) is 29.0 Å². The molecule has 1 amide bonds. The zero-order chi connectivity index (χ0) is 23.6. The first-order valence-corrected chi connectivity index (χ1v) is 11.6. The fourth-order valence-electron chi connectivity index (χ4n) is 4.44. The Labute approximate surface area is 195 Å². The number of nitrogens with zero attached hydrogens (tertiary/aromatic N) is 7. The molecular formula is C23H33N9O. The number of likely N-dealkylation sites (tertiary alicyclic amines) is 2. The highest BCUT2D eigenvalue weighted by molar-refractivity contribution is 5.87. The van der Waals surface area contributed by atoms with Crippen LogP contribution in [0.2, 0.25) is 0 Å². The first-order valence-electron chi connectivity index (χ1n) is 11.6. The molecule has 2 aliphatic rings. The van der Waals surface area contributed by atoms with Crippen LogP contribution in [0.3, 0.4) is 0 Å². The Bertz CT molecular complexity index is 1050. The van der Waals surface area contributed by atoms with Gasteiger partial charge in [-0.2, -0.15) is 15.3 Å². The monoisotopic (exact) mass is 451 g/mol. The summed E-state index contributed by atoms with van der Waals surface area (Å²) in [6.45, 7) is 10.2.